The summed E-state index contributed by atoms with van der Waals surface area (Å²) in [6, 6.07) is 0. The van der Waals surface area contributed by atoms with E-state index < -0.39 is 5.97 Å². The standard InChI is InChI=1S/C7H13NO2.C5H8O2/c1-6(7(9)10)4-5-8(2)3;1-4(2)5(6)7-3/h1,4-5H2,2-3H3,(H,9,10);1H2,2-3H3. The van der Waals surface area contributed by atoms with Crippen LogP contribution in [0.3, 0.4) is 0 Å². The lowest BCUT2D eigenvalue weighted by Crippen LogP contribution is -2.15. The van der Waals surface area contributed by atoms with Crippen LogP contribution in [0.5, 0.6) is 0 Å². The van der Waals surface area contributed by atoms with Crippen molar-refractivity contribution < 1.29 is 19.4 Å². The molecule has 0 bridgehead atoms. The van der Waals surface area contributed by atoms with E-state index in [4.69, 9.17) is 5.11 Å². The van der Waals surface area contributed by atoms with Gasteiger partial charge in [-0.25, -0.2) is 9.59 Å². The van der Waals surface area contributed by atoms with Crippen LogP contribution in [0.2, 0.25) is 0 Å². The molecule has 5 nitrogen and oxygen atoms in total. The molecule has 17 heavy (non-hydrogen) atoms. The van der Waals surface area contributed by atoms with E-state index in [0.717, 1.165) is 6.54 Å². The molecule has 0 saturated heterocycles. The van der Waals surface area contributed by atoms with E-state index >= 15 is 0 Å². The zero-order valence-corrected chi connectivity index (χ0v) is 10.9. The van der Waals surface area contributed by atoms with Crippen molar-refractivity contribution in [3.05, 3.63) is 24.3 Å². The number of rotatable bonds is 5. The van der Waals surface area contributed by atoms with Crippen LogP contribution in [0.4, 0.5) is 0 Å². The Morgan fingerprint density at radius 3 is 1.94 bits per heavy atom. The molecule has 0 unspecified atom stereocenters. The maximum atomic E-state index is 10.2. The summed E-state index contributed by atoms with van der Waals surface area (Å²) in [7, 11) is 5.13. The van der Waals surface area contributed by atoms with Crippen molar-refractivity contribution in [3.63, 3.8) is 0 Å². The van der Waals surface area contributed by atoms with Crippen molar-refractivity contribution in [3.8, 4) is 0 Å². The molecule has 5 heteroatoms. The first-order valence-electron chi connectivity index (χ1n) is 5.02. The molecule has 0 aromatic heterocycles. The molecule has 1 N–H and O–H groups in total. The molecule has 0 aromatic rings. The smallest absolute Gasteiger partial charge is 0.332 e. The zero-order chi connectivity index (χ0) is 14.0. The first-order valence-corrected chi connectivity index (χ1v) is 5.02. The summed E-state index contributed by atoms with van der Waals surface area (Å²) in [6.45, 7) is 9.10. The predicted octanol–water partition coefficient (Wildman–Crippen LogP) is 1.31. The lowest BCUT2D eigenvalue weighted by Gasteiger charge is -2.07. The second-order valence-corrected chi connectivity index (χ2v) is 3.73. The van der Waals surface area contributed by atoms with E-state index in [1.54, 1.807) is 6.92 Å². The minimum absolute atomic E-state index is 0.272. The Hall–Kier alpha value is -1.62. The van der Waals surface area contributed by atoms with Crippen molar-refractivity contribution in [2.24, 2.45) is 0 Å². The maximum absolute atomic E-state index is 10.2. The minimum Gasteiger partial charge on any atom is -0.478 e. The number of hydrogen-bond donors (Lipinski definition) is 1. The number of aliphatic carboxylic acids is 1. The summed E-state index contributed by atoms with van der Waals surface area (Å²) in [4.78, 5) is 22.3. The average molecular weight is 243 g/mol. The van der Waals surface area contributed by atoms with Crippen LogP contribution in [0.1, 0.15) is 13.3 Å². The van der Waals surface area contributed by atoms with E-state index in [9.17, 15) is 9.59 Å². The van der Waals surface area contributed by atoms with Gasteiger partial charge in [-0.3, -0.25) is 0 Å². The van der Waals surface area contributed by atoms with Gasteiger partial charge in [0.15, 0.2) is 0 Å². The van der Waals surface area contributed by atoms with E-state index in [-0.39, 0.29) is 11.5 Å². The molecule has 0 aliphatic carbocycles. The molecule has 0 aromatic carbocycles. The van der Waals surface area contributed by atoms with Gasteiger partial charge >= 0.3 is 11.9 Å². The molecule has 0 rings (SSSR count). The van der Waals surface area contributed by atoms with Crippen molar-refractivity contribution in [1.29, 1.82) is 0 Å². The molecule has 0 radical (unpaired) electrons. The summed E-state index contributed by atoms with van der Waals surface area (Å²) in [5, 5.41) is 8.38. The molecule has 0 fully saturated rings. The zero-order valence-electron chi connectivity index (χ0n) is 10.9. The van der Waals surface area contributed by atoms with Crippen LogP contribution in [0, 0.1) is 0 Å². The van der Waals surface area contributed by atoms with Crippen molar-refractivity contribution >= 4 is 11.9 Å². The minimum atomic E-state index is -0.901. The van der Waals surface area contributed by atoms with E-state index in [0.29, 0.717) is 12.0 Å². The summed E-state index contributed by atoms with van der Waals surface area (Å²) in [6.07, 6.45) is 0.530. The van der Waals surface area contributed by atoms with Gasteiger partial charge in [-0.1, -0.05) is 13.2 Å². The number of hydrogen-bond acceptors (Lipinski definition) is 4. The summed E-state index contributed by atoms with van der Waals surface area (Å²) in [5.41, 5.74) is 0.705. The van der Waals surface area contributed by atoms with Crippen LogP contribution >= 0.6 is 0 Å². The maximum Gasteiger partial charge on any atom is 0.332 e. The average Bonchev–Trinajstić information content (AvgIpc) is 2.24. The first kappa shape index (κ1) is 17.8. The van der Waals surface area contributed by atoms with Gasteiger partial charge < -0.3 is 14.7 Å². The van der Waals surface area contributed by atoms with Gasteiger partial charge in [0.1, 0.15) is 0 Å². The molecule has 0 atom stereocenters. The number of carbonyl (C=O) groups is 2. The predicted molar refractivity (Wildman–Crippen MR) is 66.8 cm³/mol. The van der Waals surface area contributed by atoms with Crippen LogP contribution in [0.25, 0.3) is 0 Å². The molecule has 0 saturated carbocycles. The topological polar surface area (TPSA) is 66.8 Å². The summed E-state index contributed by atoms with van der Waals surface area (Å²) < 4.78 is 4.27. The Balaban J connectivity index is 0. The summed E-state index contributed by atoms with van der Waals surface area (Å²) >= 11 is 0. The van der Waals surface area contributed by atoms with Crippen LogP contribution in [0.15, 0.2) is 24.3 Å². The number of carboxylic acids is 1. The van der Waals surface area contributed by atoms with Gasteiger partial charge in [-0.15, -0.1) is 0 Å². The highest BCUT2D eigenvalue weighted by Gasteiger charge is 2.02. The monoisotopic (exact) mass is 243 g/mol. The molecule has 0 spiro atoms. The third kappa shape index (κ3) is 12.3. The fourth-order valence-corrected chi connectivity index (χ4v) is 0.640. The second-order valence-electron chi connectivity index (χ2n) is 3.73. The van der Waals surface area contributed by atoms with Gasteiger partial charge in [0, 0.05) is 17.7 Å². The summed E-state index contributed by atoms with van der Waals surface area (Å²) in [5.74, 6) is -1.25. The molecule has 0 aliphatic rings. The normalized spacial score (nSPS) is 9.00. The van der Waals surface area contributed by atoms with Crippen LogP contribution in [-0.4, -0.2) is 49.7 Å². The Bertz CT molecular complexity index is 295. The fourth-order valence-electron chi connectivity index (χ4n) is 0.640. The number of ether oxygens (including phenoxy) is 1. The van der Waals surface area contributed by atoms with Gasteiger partial charge in [-0.05, 0) is 27.4 Å². The van der Waals surface area contributed by atoms with Crippen LogP contribution < -0.4 is 0 Å². The lowest BCUT2D eigenvalue weighted by atomic mass is 10.2. The van der Waals surface area contributed by atoms with Gasteiger partial charge in [0.25, 0.3) is 0 Å². The van der Waals surface area contributed by atoms with Crippen molar-refractivity contribution in [2.45, 2.75) is 13.3 Å². The molecule has 98 valence electrons. The number of carbonyl (C=O) groups excluding carboxylic acids is 1. The molecule has 0 heterocycles. The van der Waals surface area contributed by atoms with E-state index in [1.165, 1.54) is 7.11 Å². The second kappa shape index (κ2) is 9.59. The first-order chi connectivity index (χ1) is 7.72. The molecular formula is C12H21NO4. The van der Waals surface area contributed by atoms with Gasteiger partial charge in [-0.2, -0.15) is 0 Å². The van der Waals surface area contributed by atoms with Crippen LogP contribution in [-0.2, 0) is 14.3 Å². The number of methoxy groups -OCH3 is 1. The van der Waals surface area contributed by atoms with Crippen molar-refractivity contribution in [1.82, 2.24) is 4.90 Å². The highest BCUT2D eigenvalue weighted by atomic mass is 16.5. The number of nitrogens with zero attached hydrogens (tertiary/aromatic N) is 1. The van der Waals surface area contributed by atoms with Crippen molar-refractivity contribution in [2.75, 3.05) is 27.7 Å². The fraction of sp³-hybridized carbons (Fsp3) is 0.500. The van der Waals surface area contributed by atoms with Gasteiger partial charge in [0.2, 0.25) is 0 Å². The highest BCUT2D eigenvalue weighted by molar-refractivity contribution is 5.86. The number of carboxylic acid groups (broad SMARTS) is 1. The molecular weight excluding hydrogens is 222 g/mol. The van der Waals surface area contributed by atoms with E-state index in [2.05, 4.69) is 17.9 Å². The number of esters is 1. The van der Waals surface area contributed by atoms with Gasteiger partial charge in [0.05, 0.1) is 7.11 Å². The lowest BCUT2D eigenvalue weighted by molar-refractivity contribution is -0.136. The third-order valence-electron chi connectivity index (χ3n) is 1.70. The quantitative estimate of drug-likeness (QED) is 0.582. The Morgan fingerprint density at radius 1 is 1.29 bits per heavy atom. The largest absolute Gasteiger partial charge is 0.478 e. The SMILES string of the molecule is C=C(C)C(=O)OC.C=C(CCN(C)C)C(=O)O. The molecule has 0 aliphatic heterocycles. The third-order valence-corrected chi connectivity index (χ3v) is 1.70. The van der Waals surface area contributed by atoms with E-state index in [1.807, 2.05) is 19.0 Å². The molecule has 0 amide bonds. The Morgan fingerprint density at radius 2 is 1.76 bits per heavy atom. The Labute approximate surface area is 102 Å². The highest BCUT2D eigenvalue weighted by Crippen LogP contribution is 1.97. The Kier molecular flexibility index (Phi) is 10.0.